The number of rotatable bonds is 4. The maximum absolute atomic E-state index is 12.3. The van der Waals surface area contributed by atoms with Crippen LogP contribution in [0.3, 0.4) is 0 Å². The van der Waals surface area contributed by atoms with Crippen LogP contribution in [0, 0.1) is 16.0 Å². The lowest BCUT2D eigenvalue weighted by atomic mass is 10.0. The topological polar surface area (TPSA) is 88.6 Å². The van der Waals surface area contributed by atoms with E-state index in [4.69, 9.17) is 5.11 Å². The molecule has 1 amide bonds. The largest absolute Gasteiger partial charge is 0.396 e. The number of hydrogen-bond donors (Lipinski definition) is 1. The van der Waals surface area contributed by atoms with Crippen molar-refractivity contribution in [3.05, 3.63) is 28.1 Å². The zero-order valence-corrected chi connectivity index (χ0v) is 10.4. The van der Waals surface area contributed by atoms with Crippen molar-refractivity contribution in [3.63, 3.8) is 0 Å². The molecule has 1 saturated carbocycles. The normalized spacial score (nSPS) is 19.3. The smallest absolute Gasteiger partial charge is 0.287 e. The first-order valence-corrected chi connectivity index (χ1v) is 6.36. The molecule has 1 saturated heterocycles. The van der Waals surface area contributed by atoms with E-state index in [1.807, 2.05) is 0 Å². The van der Waals surface area contributed by atoms with E-state index < -0.39 is 4.92 Å². The quantitative estimate of drug-likeness (QED) is 0.644. The number of nitro groups is 1. The summed E-state index contributed by atoms with van der Waals surface area (Å²) in [7, 11) is 0. The Bertz CT molecular complexity index is 529. The van der Waals surface area contributed by atoms with Gasteiger partial charge >= 0.3 is 0 Å². The Hall–Kier alpha value is -1.89. The summed E-state index contributed by atoms with van der Waals surface area (Å²) in [6.07, 6.45) is 3.38. The average Bonchev–Trinajstić information content (AvgIpc) is 3.06. The second-order valence-electron chi connectivity index (χ2n) is 5.24. The van der Waals surface area contributed by atoms with Gasteiger partial charge in [0, 0.05) is 37.7 Å². The van der Waals surface area contributed by atoms with Gasteiger partial charge in [0.15, 0.2) is 0 Å². The molecule has 2 fully saturated rings. The highest BCUT2D eigenvalue weighted by molar-refractivity contribution is 5.94. The number of aromatic nitrogens is 1. The molecule has 1 aromatic rings. The van der Waals surface area contributed by atoms with E-state index in [1.54, 1.807) is 9.47 Å². The van der Waals surface area contributed by atoms with E-state index in [2.05, 4.69) is 0 Å². The average molecular weight is 265 g/mol. The zero-order valence-electron chi connectivity index (χ0n) is 10.4. The minimum Gasteiger partial charge on any atom is -0.396 e. The molecule has 0 unspecified atom stereocenters. The lowest BCUT2D eigenvalue weighted by molar-refractivity contribution is -0.384. The summed E-state index contributed by atoms with van der Waals surface area (Å²) in [5, 5.41) is 19.8. The first kappa shape index (κ1) is 12.2. The molecule has 2 aliphatic rings. The van der Waals surface area contributed by atoms with Crippen molar-refractivity contribution in [3.8, 4) is 0 Å². The number of carbonyl (C=O) groups excluding carboxylic acids is 1. The predicted octanol–water partition coefficient (Wildman–Crippen LogP) is 0.796. The predicted molar refractivity (Wildman–Crippen MR) is 65.8 cm³/mol. The van der Waals surface area contributed by atoms with Crippen LogP contribution in [0.15, 0.2) is 12.3 Å². The molecule has 0 spiro atoms. The van der Waals surface area contributed by atoms with Crippen molar-refractivity contribution in [1.29, 1.82) is 0 Å². The van der Waals surface area contributed by atoms with Crippen LogP contribution < -0.4 is 0 Å². The Morgan fingerprint density at radius 1 is 1.47 bits per heavy atom. The molecule has 0 atom stereocenters. The van der Waals surface area contributed by atoms with Gasteiger partial charge in [-0.1, -0.05) is 0 Å². The first-order chi connectivity index (χ1) is 9.10. The van der Waals surface area contributed by atoms with Crippen LogP contribution in [0.5, 0.6) is 0 Å². The van der Waals surface area contributed by atoms with Crippen molar-refractivity contribution < 1.29 is 14.8 Å². The summed E-state index contributed by atoms with van der Waals surface area (Å²) in [4.78, 5) is 24.3. The second-order valence-corrected chi connectivity index (χ2v) is 5.24. The number of likely N-dealkylation sites (tertiary alicyclic amines) is 1. The van der Waals surface area contributed by atoms with Crippen molar-refractivity contribution in [2.75, 3.05) is 19.7 Å². The number of aliphatic hydroxyl groups excluding tert-OH is 1. The van der Waals surface area contributed by atoms with Gasteiger partial charge in [0.05, 0.1) is 11.1 Å². The molecule has 7 heteroatoms. The van der Waals surface area contributed by atoms with Gasteiger partial charge in [-0.25, -0.2) is 0 Å². The van der Waals surface area contributed by atoms with E-state index in [0.717, 1.165) is 12.8 Å². The van der Waals surface area contributed by atoms with Crippen LogP contribution in [-0.2, 0) is 0 Å². The number of amides is 1. The molecule has 0 bridgehead atoms. The monoisotopic (exact) mass is 265 g/mol. The van der Waals surface area contributed by atoms with Crippen LogP contribution in [0.2, 0.25) is 0 Å². The van der Waals surface area contributed by atoms with Gasteiger partial charge in [-0.15, -0.1) is 0 Å². The number of aliphatic hydroxyl groups is 1. The molecular weight excluding hydrogens is 250 g/mol. The van der Waals surface area contributed by atoms with E-state index in [0.29, 0.717) is 18.8 Å². The van der Waals surface area contributed by atoms with Crippen LogP contribution >= 0.6 is 0 Å². The van der Waals surface area contributed by atoms with Crippen molar-refractivity contribution in [2.45, 2.75) is 18.9 Å². The lowest BCUT2D eigenvalue weighted by Crippen LogP contribution is -2.51. The van der Waals surface area contributed by atoms with Gasteiger partial charge in [0.25, 0.3) is 11.6 Å². The Kier molecular flexibility index (Phi) is 2.78. The van der Waals surface area contributed by atoms with Crippen LogP contribution in [-0.4, -0.2) is 45.1 Å². The molecule has 1 aromatic heterocycles. The summed E-state index contributed by atoms with van der Waals surface area (Å²) < 4.78 is 1.73. The Morgan fingerprint density at radius 3 is 2.68 bits per heavy atom. The van der Waals surface area contributed by atoms with Gasteiger partial charge < -0.3 is 14.6 Å². The van der Waals surface area contributed by atoms with Gasteiger partial charge in [-0.2, -0.15) is 0 Å². The maximum Gasteiger partial charge on any atom is 0.287 e. The fourth-order valence-electron chi connectivity index (χ4n) is 2.40. The van der Waals surface area contributed by atoms with Crippen LogP contribution in [0.1, 0.15) is 29.4 Å². The summed E-state index contributed by atoms with van der Waals surface area (Å²) in [6, 6.07) is 1.58. The summed E-state index contributed by atoms with van der Waals surface area (Å²) >= 11 is 0. The highest BCUT2D eigenvalue weighted by Crippen LogP contribution is 2.38. The first-order valence-electron chi connectivity index (χ1n) is 6.36. The summed E-state index contributed by atoms with van der Waals surface area (Å²) in [6.45, 7) is 1.13. The fourth-order valence-corrected chi connectivity index (χ4v) is 2.40. The highest BCUT2D eigenvalue weighted by atomic mass is 16.6. The molecule has 2 heterocycles. The van der Waals surface area contributed by atoms with Gasteiger partial charge in [0.1, 0.15) is 5.69 Å². The molecule has 102 valence electrons. The molecular formula is C12H15N3O4. The standard InChI is InChI=1S/C12H15N3O4/c16-7-8-4-13(5-8)12(17)11-3-10(15(18)19)6-14(11)9-1-2-9/h3,6,8-9,16H,1-2,4-5,7H2. The molecule has 1 N–H and O–H groups in total. The fraction of sp³-hybridized carbons (Fsp3) is 0.583. The second kappa shape index (κ2) is 4.34. The van der Waals surface area contributed by atoms with E-state index >= 15 is 0 Å². The third-order valence-corrected chi connectivity index (χ3v) is 3.71. The Morgan fingerprint density at radius 2 is 2.16 bits per heavy atom. The molecule has 1 aliphatic carbocycles. The minimum atomic E-state index is -0.470. The maximum atomic E-state index is 12.3. The molecule has 1 aliphatic heterocycles. The number of nitrogens with zero attached hydrogens (tertiary/aromatic N) is 3. The zero-order chi connectivity index (χ0) is 13.6. The Balaban J connectivity index is 1.83. The Labute approximate surface area is 109 Å². The van der Waals surface area contributed by atoms with E-state index in [9.17, 15) is 14.9 Å². The van der Waals surface area contributed by atoms with E-state index in [1.165, 1.54) is 12.3 Å². The molecule has 0 aromatic carbocycles. The van der Waals surface area contributed by atoms with Gasteiger partial charge in [0.2, 0.25) is 0 Å². The summed E-state index contributed by atoms with van der Waals surface area (Å²) in [5.74, 6) is -0.0343. The minimum absolute atomic E-state index is 0.0329. The van der Waals surface area contributed by atoms with Crippen molar-refractivity contribution >= 4 is 11.6 Å². The third kappa shape index (κ3) is 2.10. The SMILES string of the molecule is O=C(c1cc([N+](=O)[O-])cn1C1CC1)N1CC(CO)C1. The van der Waals surface area contributed by atoms with E-state index in [-0.39, 0.29) is 30.2 Å². The number of carbonyl (C=O) groups is 1. The van der Waals surface area contributed by atoms with Crippen LogP contribution in [0.25, 0.3) is 0 Å². The molecule has 3 rings (SSSR count). The molecule has 7 nitrogen and oxygen atoms in total. The van der Waals surface area contributed by atoms with Crippen molar-refractivity contribution in [1.82, 2.24) is 9.47 Å². The van der Waals surface area contributed by atoms with Gasteiger partial charge in [-0.05, 0) is 12.8 Å². The van der Waals surface area contributed by atoms with Crippen molar-refractivity contribution in [2.24, 2.45) is 5.92 Å². The third-order valence-electron chi connectivity index (χ3n) is 3.71. The lowest BCUT2D eigenvalue weighted by Gasteiger charge is -2.38. The van der Waals surface area contributed by atoms with Crippen LogP contribution in [0.4, 0.5) is 5.69 Å². The molecule has 19 heavy (non-hydrogen) atoms. The highest BCUT2D eigenvalue weighted by Gasteiger charge is 2.36. The van der Waals surface area contributed by atoms with Gasteiger partial charge in [-0.3, -0.25) is 14.9 Å². The summed E-state index contributed by atoms with van der Waals surface area (Å²) in [5.41, 5.74) is 0.361. The molecule has 0 radical (unpaired) electrons. The number of hydrogen-bond acceptors (Lipinski definition) is 4.